The Morgan fingerprint density at radius 1 is 1.28 bits per heavy atom. The third-order valence-corrected chi connectivity index (χ3v) is 6.67. The molecule has 13 heteroatoms. The maximum atomic E-state index is 13.3. The quantitative estimate of drug-likeness (QED) is 0.0923. The first kappa shape index (κ1) is 32.2. The van der Waals surface area contributed by atoms with Gasteiger partial charge >= 0.3 is 11.6 Å². The number of ether oxygens (including phenoxy) is 4. The Hall–Kier alpha value is -3.00. The van der Waals surface area contributed by atoms with Crippen molar-refractivity contribution in [2.45, 2.75) is 45.2 Å². The number of carbonyl (C=O) groups is 2. The van der Waals surface area contributed by atoms with Crippen LogP contribution in [-0.2, 0) is 28.6 Å². The number of thioether (sulfide) groups is 1. The molecule has 1 aliphatic rings. The van der Waals surface area contributed by atoms with Crippen molar-refractivity contribution in [1.82, 2.24) is 5.32 Å². The molecule has 0 saturated heterocycles. The van der Waals surface area contributed by atoms with Crippen molar-refractivity contribution in [2.75, 3.05) is 52.5 Å². The molecule has 0 aromatic carbocycles. The summed E-state index contributed by atoms with van der Waals surface area (Å²) in [6, 6.07) is 2.28. The second-order valence-corrected chi connectivity index (χ2v) is 9.67. The van der Waals surface area contributed by atoms with E-state index in [0.717, 1.165) is 6.42 Å². The van der Waals surface area contributed by atoms with Crippen LogP contribution in [0.2, 0.25) is 0 Å². The van der Waals surface area contributed by atoms with E-state index in [1.807, 2.05) is 6.92 Å². The molecule has 1 aromatic heterocycles. The van der Waals surface area contributed by atoms with Crippen LogP contribution in [0.5, 0.6) is 5.75 Å². The molecule has 2 rings (SSSR count). The topological polar surface area (TPSA) is 147 Å². The molecule has 1 aliphatic heterocycles. The number of hydrogen-bond donors (Lipinski definition) is 1. The summed E-state index contributed by atoms with van der Waals surface area (Å²) < 4.78 is 26.1. The third-order valence-electron chi connectivity index (χ3n) is 5.30. The van der Waals surface area contributed by atoms with Gasteiger partial charge in [0.25, 0.3) is 0 Å². The van der Waals surface area contributed by atoms with Gasteiger partial charge in [0.05, 0.1) is 38.5 Å². The van der Waals surface area contributed by atoms with Crippen LogP contribution in [0.3, 0.4) is 0 Å². The second kappa shape index (κ2) is 16.9. The van der Waals surface area contributed by atoms with Gasteiger partial charge in [0.15, 0.2) is 0 Å². The van der Waals surface area contributed by atoms with E-state index in [1.54, 1.807) is 33.1 Å². The van der Waals surface area contributed by atoms with E-state index in [1.165, 1.54) is 17.8 Å². The molecule has 1 unspecified atom stereocenters. The van der Waals surface area contributed by atoms with Crippen LogP contribution in [0, 0.1) is 0 Å². The fourth-order valence-electron chi connectivity index (χ4n) is 3.27. The van der Waals surface area contributed by atoms with Crippen LogP contribution in [0.25, 0.3) is 0 Å². The van der Waals surface area contributed by atoms with Crippen LogP contribution in [-0.4, -0.2) is 80.7 Å². The summed E-state index contributed by atoms with van der Waals surface area (Å²) in [7, 11) is 1.58. The summed E-state index contributed by atoms with van der Waals surface area (Å²) in [6.07, 6.45) is 2.83. The Morgan fingerprint density at radius 2 is 2.03 bits per heavy atom. The first-order valence-corrected chi connectivity index (χ1v) is 13.5. The fourth-order valence-corrected chi connectivity index (χ4v) is 4.40. The average molecular weight is 568 g/mol. The highest BCUT2D eigenvalue weighted by Gasteiger charge is 2.40. The Bertz CT molecular complexity index is 1090. The van der Waals surface area contributed by atoms with Gasteiger partial charge in [-0.25, -0.2) is 9.59 Å². The lowest BCUT2D eigenvalue weighted by molar-refractivity contribution is -0.149. The minimum atomic E-state index is -1.10. The molecule has 0 spiro atoms. The van der Waals surface area contributed by atoms with Crippen LogP contribution >= 0.6 is 11.8 Å². The molecule has 1 aromatic rings. The Labute approximate surface area is 232 Å². The van der Waals surface area contributed by atoms with Crippen molar-refractivity contribution in [2.24, 2.45) is 10.1 Å². The maximum Gasteiger partial charge on any atom is 0.360 e. The predicted molar refractivity (Wildman–Crippen MR) is 147 cm³/mol. The molecule has 2 atom stereocenters. The van der Waals surface area contributed by atoms with Crippen molar-refractivity contribution in [3.05, 3.63) is 41.0 Å². The van der Waals surface area contributed by atoms with E-state index in [-0.39, 0.29) is 25.7 Å². The monoisotopic (exact) mass is 567 g/mol. The van der Waals surface area contributed by atoms with E-state index in [4.69, 9.17) is 28.2 Å². The Morgan fingerprint density at radius 3 is 2.74 bits per heavy atom. The highest BCUT2D eigenvalue weighted by molar-refractivity contribution is 8.16. The second-order valence-electron chi connectivity index (χ2n) is 8.71. The van der Waals surface area contributed by atoms with Gasteiger partial charge in [-0.3, -0.25) is 9.79 Å². The number of aliphatic imine (C=N–C) groups is 1. The zero-order valence-corrected chi connectivity index (χ0v) is 23.7. The summed E-state index contributed by atoms with van der Waals surface area (Å²) in [6.45, 7) is 10.3. The number of oxime groups is 1. The number of hydrogen-bond acceptors (Lipinski definition) is 12. The number of amides is 1. The number of methoxy groups -OCH3 is 1. The van der Waals surface area contributed by atoms with Crippen LogP contribution in [0.15, 0.2) is 44.1 Å². The SMILES string of the molecule is C=CCOc1cc([C@@H](CCC)NC(=O)C2(C)CSC(/C(C)=N/OC(=O)COCCOCCOC)=N2)oc(=O)c1. The zero-order chi connectivity index (χ0) is 28.7. The van der Waals surface area contributed by atoms with E-state index in [9.17, 15) is 14.4 Å². The molecule has 0 aliphatic carbocycles. The van der Waals surface area contributed by atoms with Crippen LogP contribution in [0.4, 0.5) is 0 Å². The summed E-state index contributed by atoms with van der Waals surface area (Å²) in [4.78, 5) is 46.7. The van der Waals surface area contributed by atoms with E-state index < -0.39 is 23.2 Å². The fraction of sp³-hybridized carbons (Fsp3) is 0.577. The third kappa shape index (κ3) is 10.9. The van der Waals surface area contributed by atoms with Gasteiger partial charge in [0.1, 0.15) is 41.0 Å². The van der Waals surface area contributed by atoms with Crippen molar-refractivity contribution >= 4 is 34.4 Å². The molecular weight excluding hydrogens is 530 g/mol. The largest absolute Gasteiger partial charge is 0.489 e. The average Bonchev–Trinajstić information content (AvgIpc) is 3.33. The molecule has 1 amide bonds. The van der Waals surface area contributed by atoms with Crippen molar-refractivity contribution in [3.8, 4) is 5.75 Å². The molecule has 0 saturated carbocycles. The minimum Gasteiger partial charge on any atom is -0.489 e. The Balaban J connectivity index is 1.97. The Kier molecular flexibility index (Phi) is 13.9. The maximum absolute atomic E-state index is 13.3. The predicted octanol–water partition coefficient (Wildman–Crippen LogP) is 2.66. The summed E-state index contributed by atoms with van der Waals surface area (Å²) in [5, 5.41) is 7.27. The lowest BCUT2D eigenvalue weighted by Crippen LogP contribution is -2.45. The van der Waals surface area contributed by atoms with Gasteiger partial charge in [-0.05, 0) is 20.3 Å². The van der Waals surface area contributed by atoms with Gasteiger partial charge in [-0.15, -0.1) is 11.8 Å². The van der Waals surface area contributed by atoms with Gasteiger partial charge in [-0.2, -0.15) is 0 Å². The molecule has 39 heavy (non-hydrogen) atoms. The molecule has 0 bridgehead atoms. The van der Waals surface area contributed by atoms with Gasteiger partial charge in [-0.1, -0.05) is 31.2 Å². The number of carbonyl (C=O) groups excluding carboxylic acids is 2. The minimum absolute atomic E-state index is 0.228. The van der Waals surface area contributed by atoms with Crippen molar-refractivity contribution < 1.29 is 37.8 Å². The van der Waals surface area contributed by atoms with E-state index >= 15 is 0 Å². The number of rotatable bonds is 18. The smallest absolute Gasteiger partial charge is 0.360 e. The summed E-state index contributed by atoms with van der Waals surface area (Å²) >= 11 is 1.32. The highest BCUT2D eigenvalue weighted by Crippen LogP contribution is 2.30. The number of nitrogens with zero attached hydrogens (tertiary/aromatic N) is 2. The van der Waals surface area contributed by atoms with Crippen LogP contribution < -0.4 is 15.7 Å². The molecule has 216 valence electrons. The molecule has 0 fully saturated rings. The zero-order valence-electron chi connectivity index (χ0n) is 22.9. The van der Waals surface area contributed by atoms with E-state index in [0.29, 0.717) is 54.3 Å². The molecule has 12 nitrogen and oxygen atoms in total. The molecule has 1 N–H and O–H groups in total. The summed E-state index contributed by atoms with van der Waals surface area (Å²) in [5.41, 5.74) is -1.32. The molecular formula is C26H37N3O9S. The first-order chi connectivity index (χ1) is 18.7. The number of nitrogens with one attached hydrogen (secondary N) is 1. The van der Waals surface area contributed by atoms with E-state index in [2.05, 4.69) is 22.0 Å². The normalized spacial score (nSPS) is 17.8. The van der Waals surface area contributed by atoms with Crippen LogP contribution in [0.1, 0.15) is 45.4 Å². The van der Waals surface area contributed by atoms with Crippen molar-refractivity contribution in [1.29, 1.82) is 0 Å². The molecule has 2 heterocycles. The standard InChI is InChI=1S/C26H37N3O9S/c1-6-8-20(21-14-19(36-9-7-2)15-22(30)37-21)27-25(32)26(4)17-39-24(28-26)18(3)29-38-23(31)16-35-13-12-34-11-10-33-5/h7,14-15,20H,2,6,8-13,16-17H2,1,3-5H3,(H,27,32)/b29-18+/t20-,26?/m1/s1. The first-order valence-electron chi connectivity index (χ1n) is 12.5. The molecule has 0 radical (unpaired) electrons. The van der Waals surface area contributed by atoms with Gasteiger partial charge < -0.3 is 33.5 Å². The van der Waals surface area contributed by atoms with Gasteiger partial charge in [0.2, 0.25) is 5.91 Å². The lowest BCUT2D eigenvalue weighted by Gasteiger charge is -2.24. The van der Waals surface area contributed by atoms with Crippen molar-refractivity contribution in [3.63, 3.8) is 0 Å². The summed E-state index contributed by atoms with van der Waals surface area (Å²) in [5.74, 6) is -0.0230. The highest BCUT2D eigenvalue weighted by atomic mass is 32.2. The van der Waals surface area contributed by atoms with Gasteiger partial charge in [0, 0.05) is 18.9 Å². The lowest BCUT2D eigenvalue weighted by atomic mass is 10.0.